The lowest BCUT2D eigenvalue weighted by Crippen LogP contribution is -2.27. The first-order chi connectivity index (χ1) is 16.3. The summed E-state index contributed by atoms with van der Waals surface area (Å²) in [6, 6.07) is 5.28. The maximum absolute atomic E-state index is 15.2. The van der Waals surface area contributed by atoms with E-state index in [1.807, 2.05) is 6.92 Å². The van der Waals surface area contributed by atoms with Crippen LogP contribution in [0.1, 0.15) is 55.7 Å². The number of rotatable bonds is 7. The first-order valence-electron chi connectivity index (χ1n) is 11.2. The Balaban J connectivity index is 1.78. The third-order valence-corrected chi connectivity index (χ3v) is 5.72. The van der Waals surface area contributed by atoms with Gasteiger partial charge in [0.1, 0.15) is 40.4 Å². The molecule has 1 N–H and O–H groups in total. The van der Waals surface area contributed by atoms with E-state index in [2.05, 4.69) is 10.4 Å². The molecule has 1 aliphatic rings. The van der Waals surface area contributed by atoms with Gasteiger partial charge in [-0.3, -0.25) is 9.36 Å². The lowest BCUT2D eigenvalue weighted by atomic mass is 10.1. The number of fused-ring (bicyclic) bond motifs is 1. The Hall–Kier alpha value is -3.56. The van der Waals surface area contributed by atoms with Crippen molar-refractivity contribution in [2.45, 2.75) is 58.6 Å². The van der Waals surface area contributed by atoms with Gasteiger partial charge in [0, 0.05) is 19.0 Å². The van der Waals surface area contributed by atoms with Gasteiger partial charge >= 0.3 is 5.69 Å². The third kappa shape index (κ3) is 4.57. The predicted octanol–water partition coefficient (Wildman–Crippen LogP) is 4.61. The van der Waals surface area contributed by atoms with Crippen LogP contribution in [0, 0.1) is 17.5 Å². The molecule has 34 heavy (non-hydrogen) atoms. The quantitative estimate of drug-likeness (QED) is 0.543. The van der Waals surface area contributed by atoms with Gasteiger partial charge in [-0.05, 0) is 44.4 Å². The summed E-state index contributed by atoms with van der Waals surface area (Å²) in [7, 11) is 0. The second kappa shape index (κ2) is 9.74. The van der Waals surface area contributed by atoms with Crippen LogP contribution in [0.15, 0.2) is 35.1 Å². The molecule has 7 nitrogen and oxygen atoms in total. The molecule has 0 radical (unpaired) electrons. The molecular formula is C24H25F3N4O3. The highest BCUT2D eigenvalue weighted by Gasteiger charge is 2.25. The number of aryl methyl sites for hydroxylation is 1. The minimum absolute atomic E-state index is 0.0236. The summed E-state index contributed by atoms with van der Waals surface area (Å²) in [6.07, 6.45) is 3.42. The summed E-state index contributed by atoms with van der Waals surface area (Å²) in [5, 5.41) is 6.43. The molecule has 1 aromatic heterocycles. The van der Waals surface area contributed by atoms with Crippen molar-refractivity contribution in [2.75, 3.05) is 5.32 Å². The Morgan fingerprint density at radius 1 is 1.18 bits per heavy atom. The van der Waals surface area contributed by atoms with E-state index in [0.717, 1.165) is 48.2 Å². The zero-order valence-corrected chi connectivity index (χ0v) is 18.9. The van der Waals surface area contributed by atoms with Gasteiger partial charge in [-0.25, -0.2) is 18.0 Å². The van der Waals surface area contributed by atoms with Crippen molar-refractivity contribution in [3.05, 3.63) is 69.7 Å². The van der Waals surface area contributed by atoms with E-state index in [0.29, 0.717) is 25.2 Å². The van der Waals surface area contributed by atoms with Crippen molar-refractivity contribution in [3.63, 3.8) is 0 Å². The number of nitrogens with zero attached hydrogens (tertiary/aromatic N) is 3. The van der Waals surface area contributed by atoms with Gasteiger partial charge in [0.15, 0.2) is 0 Å². The molecule has 0 saturated heterocycles. The Kier molecular flexibility index (Phi) is 6.76. The third-order valence-electron chi connectivity index (χ3n) is 5.72. The molecule has 1 aliphatic heterocycles. The highest BCUT2D eigenvalue weighted by molar-refractivity contribution is 6.06. The van der Waals surface area contributed by atoms with Gasteiger partial charge in [0.05, 0.1) is 11.7 Å². The predicted molar refractivity (Wildman–Crippen MR) is 120 cm³/mol. The van der Waals surface area contributed by atoms with E-state index in [1.54, 1.807) is 6.92 Å². The van der Waals surface area contributed by atoms with Gasteiger partial charge in [-0.2, -0.15) is 4.68 Å². The number of nitrogens with one attached hydrogen (secondary N) is 1. The molecule has 10 heteroatoms. The Bertz CT molecular complexity index is 1260. The minimum atomic E-state index is -0.970. The average Bonchev–Trinajstić information content (AvgIpc) is 3.14. The summed E-state index contributed by atoms with van der Waals surface area (Å²) in [4.78, 5) is 25.8. The SMILES string of the molecule is CCC[C@H](C)Oc1cc(-n2nc3n(c2=O)CCCC3)c(F)cc1C(=O)Nc1c(F)cccc1F. The van der Waals surface area contributed by atoms with E-state index in [-0.39, 0.29) is 23.1 Å². The number of amides is 1. The summed E-state index contributed by atoms with van der Waals surface area (Å²) in [6.45, 7) is 4.24. The van der Waals surface area contributed by atoms with Crippen LogP contribution in [0.25, 0.3) is 5.69 Å². The fourth-order valence-corrected chi connectivity index (χ4v) is 4.02. The number of hydrogen-bond donors (Lipinski definition) is 1. The molecule has 2 heterocycles. The fourth-order valence-electron chi connectivity index (χ4n) is 4.02. The second-order valence-electron chi connectivity index (χ2n) is 8.29. The Morgan fingerprint density at radius 3 is 2.59 bits per heavy atom. The smallest absolute Gasteiger partial charge is 0.350 e. The normalized spacial score (nSPS) is 13.9. The molecule has 2 aromatic carbocycles. The number of halogens is 3. The molecule has 1 atom stereocenters. The molecule has 3 aromatic rings. The number of carbonyl (C=O) groups is 1. The van der Waals surface area contributed by atoms with Gasteiger partial charge in [0.2, 0.25) is 0 Å². The number of aromatic nitrogens is 3. The zero-order valence-electron chi connectivity index (χ0n) is 18.9. The molecule has 0 aliphatic carbocycles. The lowest BCUT2D eigenvalue weighted by molar-refractivity contribution is 0.101. The number of para-hydroxylation sites is 1. The minimum Gasteiger partial charge on any atom is -0.490 e. The van der Waals surface area contributed by atoms with Gasteiger partial charge in [0.25, 0.3) is 5.91 Å². The first-order valence-corrected chi connectivity index (χ1v) is 11.2. The van der Waals surface area contributed by atoms with Crippen LogP contribution in [0.4, 0.5) is 18.9 Å². The van der Waals surface area contributed by atoms with Crippen LogP contribution in [0.3, 0.4) is 0 Å². The first kappa shape index (κ1) is 23.6. The van der Waals surface area contributed by atoms with Gasteiger partial charge < -0.3 is 10.1 Å². The highest BCUT2D eigenvalue weighted by Crippen LogP contribution is 2.29. The van der Waals surface area contributed by atoms with Crippen molar-refractivity contribution in [1.29, 1.82) is 0 Å². The largest absolute Gasteiger partial charge is 0.490 e. The van der Waals surface area contributed by atoms with E-state index in [4.69, 9.17) is 4.74 Å². The summed E-state index contributed by atoms with van der Waals surface area (Å²) < 4.78 is 51.7. The molecule has 0 fully saturated rings. The lowest BCUT2D eigenvalue weighted by Gasteiger charge is -2.18. The van der Waals surface area contributed by atoms with Crippen LogP contribution in [0.2, 0.25) is 0 Å². The van der Waals surface area contributed by atoms with Crippen LogP contribution >= 0.6 is 0 Å². The monoisotopic (exact) mass is 474 g/mol. The number of carbonyl (C=O) groups excluding carboxylic acids is 1. The number of benzene rings is 2. The molecule has 180 valence electrons. The fraction of sp³-hybridized carbons (Fsp3) is 0.375. The Labute approximate surface area is 194 Å². The standard InChI is InChI=1S/C24H25F3N4O3/c1-3-7-14(2)34-20-13-19(31-24(33)30-11-5-4-10-21(30)29-31)18(27)12-15(20)23(32)28-22-16(25)8-6-9-17(22)26/h6,8-9,12-14H,3-5,7,10-11H2,1-2H3,(H,28,32)/t14-/m0/s1. The molecule has 0 bridgehead atoms. The van der Waals surface area contributed by atoms with Crippen LogP contribution in [-0.4, -0.2) is 26.4 Å². The molecule has 0 saturated carbocycles. The van der Waals surface area contributed by atoms with Crippen LogP contribution in [-0.2, 0) is 13.0 Å². The maximum atomic E-state index is 15.2. The van der Waals surface area contributed by atoms with Gasteiger partial charge in [-0.15, -0.1) is 5.10 Å². The summed E-state index contributed by atoms with van der Waals surface area (Å²) >= 11 is 0. The molecule has 0 spiro atoms. The Morgan fingerprint density at radius 2 is 1.91 bits per heavy atom. The van der Waals surface area contributed by atoms with Crippen molar-refractivity contribution in [1.82, 2.24) is 14.3 Å². The summed E-state index contributed by atoms with van der Waals surface area (Å²) in [5.74, 6) is -3.25. The van der Waals surface area contributed by atoms with E-state index in [1.165, 1.54) is 10.6 Å². The highest BCUT2D eigenvalue weighted by atomic mass is 19.1. The summed E-state index contributed by atoms with van der Waals surface area (Å²) in [5.41, 5.74) is -1.56. The van der Waals surface area contributed by atoms with Crippen LogP contribution < -0.4 is 15.7 Å². The van der Waals surface area contributed by atoms with Crippen molar-refractivity contribution < 1.29 is 22.7 Å². The topological polar surface area (TPSA) is 78.2 Å². The number of hydrogen-bond acceptors (Lipinski definition) is 4. The van der Waals surface area contributed by atoms with E-state index in [9.17, 15) is 18.4 Å². The van der Waals surface area contributed by atoms with E-state index < -0.39 is 34.7 Å². The number of ether oxygens (including phenoxy) is 1. The second-order valence-corrected chi connectivity index (χ2v) is 8.29. The molecule has 1 amide bonds. The number of anilines is 1. The van der Waals surface area contributed by atoms with Crippen molar-refractivity contribution in [2.24, 2.45) is 0 Å². The maximum Gasteiger partial charge on any atom is 0.350 e. The van der Waals surface area contributed by atoms with Crippen molar-refractivity contribution in [3.8, 4) is 11.4 Å². The zero-order chi connectivity index (χ0) is 24.4. The van der Waals surface area contributed by atoms with Crippen LogP contribution in [0.5, 0.6) is 5.75 Å². The molecule has 0 unspecified atom stereocenters. The van der Waals surface area contributed by atoms with Crippen molar-refractivity contribution >= 4 is 11.6 Å². The average molecular weight is 474 g/mol. The van der Waals surface area contributed by atoms with E-state index >= 15 is 4.39 Å². The molecule has 4 rings (SSSR count). The molecular weight excluding hydrogens is 449 g/mol. The van der Waals surface area contributed by atoms with Gasteiger partial charge in [-0.1, -0.05) is 19.4 Å².